The molecule has 1 atom stereocenters. The SMILES string of the molecule is CC/C=C\C/C=C\C/C=C\C/C=C\CCCCCC(=O)OCC(COC(=O)CCCCC/C=C\C=C/CCCC)OC(=O)CCCCCCCCCCCCCCCCCC. The van der Waals surface area contributed by atoms with E-state index in [1.165, 1.54) is 96.3 Å². The minimum Gasteiger partial charge on any atom is -0.462 e. The van der Waals surface area contributed by atoms with Crippen LogP contribution in [0.3, 0.4) is 0 Å². The Kier molecular flexibility index (Phi) is 46.9. The Morgan fingerprint density at radius 1 is 0.361 bits per heavy atom. The second-order valence-corrected chi connectivity index (χ2v) is 16.7. The summed E-state index contributed by atoms with van der Waals surface area (Å²) in [5, 5.41) is 0. The Labute approximate surface area is 376 Å². The molecule has 0 saturated carbocycles. The van der Waals surface area contributed by atoms with Crippen molar-refractivity contribution in [2.75, 3.05) is 13.2 Å². The molecule has 6 nitrogen and oxygen atoms in total. The first-order chi connectivity index (χ1) is 30.0. The summed E-state index contributed by atoms with van der Waals surface area (Å²) in [6.07, 6.45) is 61.7. The number of rotatable bonds is 45. The number of ether oxygens (including phenoxy) is 3. The van der Waals surface area contributed by atoms with Crippen LogP contribution in [0.4, 0.5) is 0 Å². The lowest BCUT2D eigenvalue weighted by atomic mass is 10.0. The van der Waals surface area contributed by atoms with Crippen LogP contribution >= 0.6 is 0 Å². The Bertz CT molecular complexity index is 1160. The number of hydrogen-bond acceptors (Lipinski definition) is 6. The highest BCUT2D eigenvalue weighted by atomic mass is 16.6. The van der Waals surface area contributed by atoms with E-state index in [-0.39, 0.29) is 31.1 Å². The second-order valence-electron chi connectivity index (χ2n) is 16.7. The molecule has 6 heteroatoms. The van der Waals surface area contributed by atoms with Crippen LogP contribution in [0, 0.1) is 0 Å². The predicted molar refractivity (Wildman–Crippen MR) is 261 cm³/mol. The average Bonchev–Trinajstić information content (AvgIpc) is 3.26. The van der Waals surface area contributed by atoms with Crippen molar-refractivity contribution in [2.45, 2.75) is 245 Å². The Morgan fingerprint density at radius 3 is 1.15 bits per heavy atom. The average molecular weight is 851 g/mol. The van der Waals surface area contributed by atoms with Crippen molar-refractivity contribution in [2.24, 2.45) is 0 Å². The zero-order valence-corrected chi connectivity index (χ0v) is 39.9. The van der Waals surface area contributed by atoms with Gasteiger partial charge in [-0.15, -0.1) is 0 Å². The number of allylic oxidation sites excluding steroid dienone is 12. The van der Waals surface area contributed by atoms with Gasteiger partial charge in [-0.25, -0.2) is 0 Å². The van der Waals surface area contributed by atoms with Crippen LogP contribution < -0.4 is 0 Å². The van der Waals surface area contributed by atoms with E-state index >= 15 is 0 Å². The summed E-state index contributed by atoms with van der Waals surface area (Å²) in [7, 11) is 0. The molecule has 0 N–H and O–H groups in total. The first kappa shape index (κ1) is 57.9. The maximum atomic E-state index is 12.8. The predicted octanol–water partition coefficient (Wildman–Crippen LogP) is 16.6. The molecule has 0 rings (SSSR count). The van der Waals surface area contributed by atoms with Crippen LogP contribution in [0.2, 0.25) is 0 Å². The number of carbonyl (C=O) groups is 3. The van der Waals surface area contributed by atoms with Crippen LogP contribution in [0.5, 0.6) is 0 Å². The summed E-state index contributed by atoms with van der Waals surface area (Å²) >= 11 is 0. The molecule has 0 radical (unpaired) electrons. The van der Waals surface area contributed by atoms with Crippen LogP contribution in [0.15, 0.2) is 72.9 Å². The van der Waals surface area contributed by atoms with E-state index in [9.17, 15) is 14.4 Å². The van der Waals surface area contributed by atoms with Gasteiger partial charge in [0.25, 0.3) is 0 Å². The number of hydrogen-bond donors (Lipinski definition) is 0. The van der Waals surface area contributed by atoms with Gasteiger partial charge < -0.3 is 14.2 Å². The third kappa shape index (κ3) is 47.7. The molecule has 0 aliphatic rings. The third-order valence-corrected chi connectivity index (χ3v) is 10.7. The van der Waals surface area contributed by atoms with E-state index in [2.05, 4.69) is 93.7 Å². The lowest BCUT2D eigenvalue weighted by Crippen LogP contribution is -2.30. The molecule has 0 saturated heterocycles. The molecule has 0 bridgehead atoms. The third-order valence-electron chi connectivity index (χ3n) is 10.7. The maximum Gasteiger partial charge on any atom is 0.306 e. The molecule has 0 aromatic carbocycles. The summed E-state index contributed by atoms with van der Waals surface area (Å²) in [5.41, 5.74) is 0. The van der Waals surface area contributed by atoms with Crippen molar-refractivity contribution >= 4 is 17.9 Å². The highest BCUT2D eigenvalue weighted by molar-refractivity contribution is 5.71. The molecule has 61 heavy (non-hydrogen) atoms. The van der Waals surface area contributed by atoms with Gasteiger partial charge in [-0.3, -0.25) is 14.4 Å². The van der Waals surface area contributed by atoms with Gasteiger partial charge in [-0.2, -0.15) is 0 Å². The van der Waals surface area contributed by atoms with Gasteiger partial charge in [0.1, 0.15) is 13.2 Å². The van der Waals surface area contributed by atoms with E-state index in [0.29, 0.717) is 19.3 Å². The summed E-state index contributed by atoms with van der Waals surface area (Å²) in [5.74, 6) is -0.953. The fraction of sp³-hybridized carbons (Fsp3) is 0.727. The lowest BCUT2D eigenvalue weighted by molar-refractivity contribution is -0.167. The largest absolute Gasteiger partial charge is 0.462 e. The first-order valence-electron chi connectivity index (χ1n) is 25.5. The summed E-state index contributed by atoms with van der Waals surface area (Å²) in [4.78, 5) is 37.9. The monoisotopic (exact) mass is 851 g/mol. The highest BCUT2D eigenvalue weighted by Gasteiger charge is 2.19. The topological polar surface area (TPSA) is 78.9 Å². The highest BCUT2D eigenvalue weighted by Crippen LogP contribution is 2.15. The zero-order chi connectivity index (χ0) is 44.4. The van der Waals surface area contributed by atoms with E-state index in [1.807, 2.05) is 0 Å². The molecule has 0 fully saturated rings. The molecular weight excluding hydrogens is 757 g/mol. The van der Waals surface area contributed by atoms with Crippen molar-refractivity contribution in [1.29, 1.82) is 0 Å². The van der Waals surface area contributed by atoms with E-state index in [4.69, 9.17) is 14.2 Å². The fourth-order valence-electron chi connectivity index (χ4n) is 6.88. The molecule has 0 aliphatic heterocycles. The maximum absolute atomic E-state index is 12.8. The molecule has 0 heterocycles. The smallest absolute Gasteiger partial charge is 0.306 e. The van der Waals surface area contributed by atoms with E-state index in [0.717, 1.165) is 103 Å². The molecule has 0 aliphatic carbocycles. The summed E-state index contributed by atoms with van der Waals surface area (Å²) in [6.45, 7) is 6.42. The minimum atomic E-state index is -0.796. The Balaban J connectivity index is 4.43. The molecule has 350 valence electrons. The molecule has 0 aromatic heterocycles. The molecule has 1 unspecified atom stereocenters. The van der Waals surface area contributed by atoms with Crippen molar-refractivity contribution < 1.29 is 28.6 Å². The van der Waals surface area contributed by atoms with Crippen LogP contribution in [-0.4, -0.2) is 37.2 Å². The van der Waals surface area contributed by atoms with Gasteiger partial charge in [-0.1, -0.05) is 216 Å². The van der Waals surface area contributed by atoms with E-state index < -0.39 is 6.10 Å². The quantitative estimate of drug-likeness (QED) is 0.0200. The Hall–Kier alpha value is -3.15. The van der Waals surface area contributed by atoms with Crippen molar-refractivity contribution in [3.8, 4) is 0 Å². The van der Waals surface area contributed by atoms with Crippen molar-refractivity contribution in [1.82, 2.24) is 0 Å². The van der Waals surface area contributed by atoms with Crippen LogP contribution in [0.1, 0.15) is 239 Å². The summed E-state index contributed by atoms with van der Waals surface area (Å²) in [6, 6.07) is 0. The first-order valence-corrected chi connectivity index (χ1v) is 25.5. The zero-order valence-electron chi connectivity index (χ0n) is 39.9. The van der Waals surface area contributed by atoms with Gasteiger partial charge in [0.15, 0.2) is 6.10 Å². The van der Waals surface area contributed by atoms with Gasteiger partial charge >= 0.3 is 17.9 Å². The van der Waals surface area contributed by atoms with E-state index in [1.54, 1.807) is 0 Å². The lowest BCUT2D eigenvalue weighted by Gasteiger charge is -2.18. The standard InChI is InChI=1S/C55H94O6/c1-4-7-10-13-16-19-22-24-26-28-30-33-36-39-42-45-48-54(57)60-51-52(50-59-53(56)47-44-41-38-35-32-21-18-15-12-9-6-3)61-55(58)49-46-43-40-37-34-31-29-27-25-23-20-17-14-11-8-5-2/h7,10,15-16,18-19,21,24,26,30,32-33,52H,4-6,8-9,11-14,17,20,22-23,25,27-29,31,34-51H2,1-3H3/b10-7-,18-15-,19-16-,26-24-,32-21-,33-30-. The number of unbranched alkanes of at least 4 members (excludes halogenated alkanes) is 23. The van der Waals surface area contributed by atoms with Gasteiger partial charge in [0.05, 0.1) is 0 Å². The molecule has 0 spiro atoms. The second kappa shape index (κ2) is 49.5. The van der Waals surface area contributed by atoms with Crippen LogP contribution in [0.25, 0.3) is 0 Å². The Morgan fingerprint density at radius 2 is 0.705 bits per heavy atom. The normalized spacial score (nSPS) is 12.6. The van der Waals surface area contributed by atoms with Crippen molar-refractivity contribution in [3.63, 3.8) is 0 Å². The molecular formula is C55H94O6. The van der Waals surface area contributed by atoms with Crippen LogP contribution in [-0.2, 0) is 28.6 Å². The van der Waals surface area contributed by atoms with Gasteiger partial charge in [0, 0.05) is 19.3 Å². The van der Waals surface area contributed by atoms with Gasteiger partial charge in [0.2, 0.25) is 0 Å². The minimum absolute atomic E-state index is 0.0984. The van der Waals surface area contributed by atoms with Gasteiger partial charge in [-0.05, 0) is 77.0 Å². The molecule has 0 aromatic rings. The summed E-state index contributed by atoms with van der Waals surface area (Å²) < 4.78 is 16.7. The van der Waals surface area contributed by atoms with Crippen molar-refractivity contribution in [3.05, 3.63) is 72.9 Å². The molecule has 0 amide bonds. The number of carbonyl (C=O) groups excluding carboxylic acids is 3. The fourth-order valence-corrected chi connectivity index (χ4v) is 6.88. The number of esters is 3.